The minimum absolute atomic E-state index is 0.0167. The number of methoxy groups -OCH3 is 1. The first-order chi connectivity index (χ1) is 14.0. The molecule has 1 aromatic rings. The van der Waals surface area contributed by atoms with E-state index in [0.29, 0.717) is 23.7 Å². The van der Waals surface area contributed by atoms with Crippen LogP contribution in [0.1, 0.15) is 44.0 Å². The van der Waals surface area contributed by atoms with Crippen molar-refractivity contribution < 1.29 is 14.3 Å². The third-order valence-electron chi connectivity index (χ3n) is 5.53. The number of carbonyl (C=O) groups excluding carboxylic acids is 2. The second-order valence-electron chi connectivity index (χ2n) is 7.67. The minimum atomic E-state index is -0.236. The SMILES string of the molecule is CCN(CC)CCNC(=O)c1cc(NC(=O)COC)ccc1N1CCC(C)CC1. The summed E-state index contributed by atoms with van der Waals surface area (Å²) in [5.74, 6) is 0.374. The zero-order chi connectivity index (χ0) is 21.2. The largest absolute Gasteiger partial charge is 0.375 e. The number of nitrogens with zero attached hydrogens (tertiary/aromatic N) is 2. The molecule has 1 aromatic carbocycles. The number of ether oxygens (including phenoxy) is 1. The Kier molecular flexibility index (Phi) is 9.41. The molecule has 1 saturated heterocycles. The summed E-state index contributed by atoms with van der Waals surface area (Å²) in [5.41, 5.74) is 2.14. The van der Waals surface area contributed by atoms with Gasteiger partial charge < -0.3 is 25.2 Å². The molecule has 0 radical (unpaired) electrons. The Morgan fingerprint density at radius 2 is 1.90 bits per heavy atom. The first-order valence-corrected chi connectivity index (χ1v) is 10.7. The number of piperidine rings is 1. The number of amides is 2. The van der Waals surface area contributed by atoms with Crippen LogP contribution in [0.2, 0.25) is 0 Å². The molecule has 1 aliphatic rings. The highest BCUT2D eigenvalue weighted by Crippen LogP contribution is 2.28. The highest BCUT2D eigenvalue weighted by Gasteiger charge is 2.22. The van der Waals surface area contributed by atoms with Crippen molar-refractivity contribution in [3.63, 3.8) is 0 Å². The van der Waals surface area contributed by atoms with Gasteiger partial charge in [-0.05, 0) is 50.0 Å². The molecule has 2 rings (SSSR count). The van der Waals surface area contributed by atoms with Gasteiger partial charge in [-0.1, -0.05) is 20.8 Å². The number of nitrogens with one attached hydrogen (secondary N) is 2. The highest BCUT2D eigenvalue weighted by atomic mass is 16.5. The van der Waals surface area contributed by atoms with E-state index < -0.39 is 0 Å². The van der Waals surface area contributed by atoms with Crippen LogP contribution in [0.15, 0.2) is 18.2 Å². The van der Waals surface area contributed by atoms with E-state index in [4.69, 9.17) is 4.74 Å². The van der Waals surface area contributed by atoms with Crippen molar-refractivity contribution in [1.82, 2.24) is 10.2 Å². The Hall–Kier alpha value is -2.12. The van der Waals surface area contributed by atoms with Crippen LogP contribution < -0.4 is 15.5 Å². The van der Waals surface area contributed by atoms with Gasteiger partial charge in [0, 0.05) is 44.7 Å². The van der Waals surface area contributed by atoms with Crippen LogP contribution >= 0.6 is 0 Å². The second-order valence-corrected chi connectivity index (χ2v) is 7.67. The number of anilines is 2. The fourth-order valence-electron chi connectivity index (χ4n) is 3.61. The molecule has 162 valence electrons. The molecule has 1 aliphatic heterocycles. The Morgan fingerprint density at radius 3 is 2.52 bits per heavy atom. The second kappa shape index (κ2) is 11.8. The molecule has 29 heavy (non-hydrogen) atoms. The Labute approximate surface area is 174 Å². The lowest BCUT2D eigenvalue weighted by Crippen LogP contribution is -2.37. The van der Waals surface area contributed by atoms with Crippen LogP contribution in [-0.2, 0) is 9.53 Å². The molecule has 1 heterocycles. The van der Waals surface area contributed by atoms with E-state index in [-0.39, 0.29) is 18.4 Å². The summed E-state index contributed by atoms with van der Waals surface area (Å²) in [6.45, 7) is 11.7. The number of carbonyl (C=O) groups is 2. The molecule has 7 heteroatoms. The highest BCUT2D eigenvalue weighted by molar-refractivity contribution is 6.02. The van der Waals surface area contributed by atoms with E-state index in [1.165, 1.54) is 7.11 Å². The van der Waals surface area contributed by atoms with Crippen LogP contribution in [0.3, 0.4) is 0 Å². The van der Waals surface area contributed by atoms with Gasteiger partial charge in [0.05, 0.1) is 5.56 Å². The van der Waals surface area contributed by atoms with Crippen LogP contribution in [0.4, 0.5) is 11.4 Å². The average molecular weight is 405 g/mol. The van der Waals surface area contributed by atoms with Gasteiger partial charge in [-0.2, -0.15) is 0 Å². The van der Waals surface area contributed by atoms with Crippen LogP contribution in [0, 0.1) is 5.92 Å². The summed E-state index contributed by atoms with van der Waals surface area (Å²) < 4.78 is 4.87. The molecule has 0 spiro atoms. The van der Waals surface area contributed by atoms with E-state index >= 15 is 0 Å². The minimum Gasteiger partial charge on any atom is -0.375 e. The number of hydrogen-bond donors (Lipinski definition) is 2. The molecular formula is C22H36N4O3. The van der Waals surface area contributed by atoms with Gasteiger partial charge in [-0.15, -0.1) is 0 Å². The standard InChI is InChI=1S/C22H36N4O3/c1-5-25(6-2)14-11-23-22(28)19-15-18(24-21(27)16-29-4)7-8-20(19)26-12-9-17(3)10-13-26/h7-8,15,17H,5-6,9-14,16H2,1-4H3,(H,23,28)(H,24,27). The number of benzene rings is 1. The monoisotopic (exact) mass is 404 g/mol. The normalized spacial score (nSPS) is 14.9. The van der Waals surface area contributed by atoms with Crippen LogP contribution in [0.5, 0.6) is 0 Å². The van der Waals surface area contributed by atoms with E-state index in [1.807, 2.05) is 12.1 Å². The van der Waals surface area contributed by atoms with Gasteiger partial charge in [-0.25, -0.2) is 0 Å². The fourth-order valence-corrected chi connectivity index (χ4v) is 3.61. The van der Waals surface area contributed by atoms with E-state index in [2.05, 4.69) is 41.2 Å². The zero-order valence-corrected chi connectivity index (χ0v) is 18.3. The quantitative estimate of drug-likeness (QED) is 0.627. The van der Waals surface area contributed by atoms with E-state index in [1.54, 1.807) is 6.07 Å². The van der Waals surface area contributed by atoms with Crippen molar-refractivity contribution in [1.29, 1.82) is 0 Å². The third kappa shape index (κ3) is 7.01. The summed E-state index contributed by atoms with van der Waals surface area (Å²) in [7, 11) is 1.48. The van der Waals surface area contributed by atoms with Crippen molar-refractivity contribution >= 4 is 23.2 Å². The van der Waals surface area contributed by atoms with E-state index in [9.17, 15) is 9.59 Å². The third-order valence-corrected chi connectivity index (χ3v) is 5.53. The molecule has 0 atom stereocenters. The Bertz CT molecular complexity index is 668. The van der Waals surface area contributed by atoms with Gasteiger partial charge in [0.15, 0.2) is 0 Å². The van der Waals surface area contributed by atoms with Crippen molar-refractivity contribution in [2.75, 3.05) is 63.2 Å². The van der Waals surface area contributed by atoms with Gasteiger partial charge in [-0.3, -0.25) is 9.59 Å². The summed E-state index contributed by atoms with van der Waals surface area (Å²) in [6, 6.07) is 5.57. The predicted molar refractivity (Wildman–Crippen MR) is 118 cm³/mol. The topological polar surface area (TPSA) is 73.9 Å². The fraction of sp³-hybridized carbons (Fsp3) is 0.636. The summed E-state index contributed by atoms with van der Waals surface area (Å²) >= 11 is 0. The summed E-state index contributed by atoms with van der Waals surface area (Å²) in [5, 5.41) is 5.84. The molecule has 1 fully saturated rings. The van der Waals surface area contributed by atoms with Gasteiger partial charge in [0.2, 0.25) is 5.91 Å². The van der Waals surface area contributed by atoms with Gasteiger partial charge in [0.25, 0.3) is 5.91 Å². The lowest BCUT2D eigenvalue weighted by atomic mass is 9.97. The predicted octanol–water partition coefficient (Wildman–Crippen LogP) is 2.58. The van der Waals surface area contributed by atoms with Crippen molar-refractivity contribution in [3.8, 4) is 0 Å². The number of rotatable bonds is 10. The van der Waals surface area contributed by atoms with Crippen LogP contribution in [-0.4, -0.2) is 69.7 Å². The molecule has 0 bridgehead atoms. The molecule has 0 aliphatic carbocycles. The Morgan fingerprint density at radius 1 is 1.21 bits per heavy atom. The van der Waals surface area contributed by atoms with Gasteiger partial charge >= 0.3 is 0 Å². The number of hydrogen-bond acceptors (Lipinski definition) is 5. The molecule has 2 amide bonds. The smallest absolute Gasteiger partial charge is 0.253 e. The molecule has 2 N–H and O–H groups in total. The lowest BCUT2D eigenvalue weighted by molar-refractivity contribution is -0.119. The molecule has 0 saturated carbocycles. The maximum atomic E-state index is 13.0. The lowest BCUT2D eigenvalue weighted by Gasteiger charge is -2.33. The average Bonchev–Trinajstić information content (AvgIpc) is 2.72. The first kappa shape index (κ1) is 23.2. The van der Waals surface area contributed by atoms with Crippen LogP contribution in [0.25, 0.3) is 0 Å². The van der Waals surface area contributed by atoms with E-state index in [0.717, 1.165) is 51.3 Å². The Balaban J connectivity index is 2.16. The van der Waals surface area contributed by atoms with Gasteiger partial charge in [0.1, 0.15) is 6.61 Å². The van der Waals surface area contributed by atoms with Crippen molar-refractivity contribution in [3.05, 3.63) is 23.8 Å². The maximum Gasteiger partial charge on any atom is 0.253 e. The molecule has 0 aromatic heterocycles. The van der Waals surface area contributed by atoms with Crippen molar-refractivity contribution in [2.24, 2.45) is 5.92 Å². The summed E-state index contributed by atoms with van der Waals surface area (Å²) in [4.78, 5) is 29.4. The number of likely N-dealkylation sites (N-methyl/N-ethyl adjacent to an activating group) is 1. The first-order valence-electron chi connectivity index (χ1n) is 10.7. The van der Waals surface area contributed by atoms with Crippen molar-refractivity contribution in [2.45, 2.75) is 33.6 Å². The zero-order valence-electron chi connectivity index (χ0n) is 18.3. The maximum absolute atomic E-state index is 13.0. The molecule has 0 unspecified atom stereocenters. The molecule has 7 nitrogen and oxygen atoms in total. The molecular weight excluding hydrogens is 368 g/mol. The summed E-state index contributed by atoms with van der Waals surface area (Å²) in [6.07, 6.45) is 2.24.